The van der Waals surface area contributed by atoms with Gasteiger partial charge in [0, 0.05) is 93.0 Å². The molecule has 4 aliphatic heterocycles. The van der Waals surface area contributed by atoms with E-state index in [0.717, 1.165) is 39.9 Å². The first-order valence-corrected chi connectivity index (χ1v) is 33.8. The van der Waals surface area contributed by atoms with Crippen molar-refractivity contribution in [3.8, 4) is 0 Å². The lowest BCUT2D eigenvalue weighted by molar-refractivity contribution is -0.141. The number of nitrogens with one attached hydrogen (secondary N) is 4. The Labute approximate surface area is 604 Å². The maximum absolute atomic E-state index is 14.1. The van der Waals surface area contributed by atoms with E-state index in [9.17, 15) is 60.3 Å². The minimum atomic E-state index is -4.58. The minimum Gasteiger partial charge on any atom is -0.359 e. The molecule has 0 unspecified atom stereocenters. The molecular weight excluding hydrogens is 1400 g/mol. The number of alkyl halides is 3. The molecule has 0 aliphatic carbocycles. The first-order chi connectivity index (χ1) is 48.7. The van der Waals surface area contributed by atoms with Crippen LogP contribution in [-0.2, 0) is 66.2 Å². The van der Waals surface area contributed by atoms with Gasteiger partial charge in [-0.25, -0.2) is 13.8 Å². The fourth-order valence-electron chi connectivity index (χ4n) is 11.2. The standard InChI is InChI=1S/2C18H20ClN3O3.C18H19F3N4O3.C18H19F2N3O3/c1-18(2,3)14-10-15(21-25-14)20-17(24)13-7-8-16(23)22(13)12-6-4-5-11(19)9-12;1-18(2,3)14-10-15(25-21-14)20-17(24)13-7-8-16(23)22(13)12-6-4-5-11(19)9-12;1-17(2,3)13-8-14(24-28-13)23-16(27)11-5-7-15(26)25(11)10-4-6-12(22-9-10)18(19,20)21;1-18(2,3)13-9-14(26-22-13)21-17(25)12-7-8-15(24)23(12)11-6-4-5-10(19)16(11)20/h4-6,9-10,13H,7-8H2,1-3H3,(H,20,21,24);4-6,9-10,13H,7-8H2,1-3H3,(H,20,24);4,6,8-9,11H,5,7H2,1-3H3,(H,23,24,27);4-6,9,12H,7-8H2,1-3H3,(H,21,25)/t2*13-;11-;12-/m0000/s1. The lowest BCUT2D eigenvalue weighted by atomic mass is 9.92. The number of rotatable bonds is 12. The molecule has 25 nitrogen and oxygen atoms in total. The van der Waals surface area contributed by atoms with Crippen molar-refractivity contribution in [2.75, 3.05) is 40.9 Å². The fraction of sp³-hybridized carbons (Fsp3) is 0.403. The molecule has 4 fully saturated rings. The second-order valence-electron chi connectivity index (χ2n) is 29.0. The van der Waals surface area contributed by atoms with E-state index in [1.165, 1.54) is 21.9 Å². The summed E-state index contributed by atoms with van der Waals surface area (Å²) in [5, 5.41) is 27.2. The van der Waals surface area contributed by atoms with E-state index in [-0.39, 0.29) is 106 Å². The summed E-state index contributed by atoms with van der Waals surface area (Å²) in [5.74, 6) is -2.65. The summed E-state index contributed by atoms with van der Waals surface area (Å²) >= 11 is 12.0. The van der Waals surface area contributed by atoms with Crippen LogP contribution in [0.25, 0.3) is 0 Å². The van der Waals surface area contributed by atoms with Crippen molar-refractivity contribution >= 4 is 117 Å². The van der Waals surface area contributed by atoms with Crippen molar-refractivity contribution in [2.45, 2.75) is 186 Å². The number of aromatic nitrogens is 5. The van der Waals surface area contributed by atoms with Gasteiger partial charge in [0.1, 0.15) is 41.4 Å². The Morgan fingerprint density at radius 3 is 1.15 bits per heavy atom. The Hall–Kier alpha value is -10.4. The first-order valence-electron chi connectivity index (χ1n) is 33.0. The number of hydrogen-bond acceptors (Lipinski definition) is 17. The number of benzene rings is 3. The highest BCUT2D eigenvalue weighted by Gasteiger charge is 2.43. The van der Waals surface area contributed by atoms with Crippen LogP contribution in [0.2, 0.25) is 10.0 Å². The predicted molar refractivity (Wildman–Crippen MR) is 376 cm³/mol. The molecule has 3 aromatic carbocycles. The van der Waals surface area contributed by atoms with Crippen LogP contribution in [0.1, 0.15) is 163 Å². The van der Waals surface area contributed by atoms with Gasteiger partial charge in [-0.3, -0.25) is 68.6 Å². The quantitative estimate of drug-likeness (QED) is 0.0826. The second-order valence-corrected chi connectivity index (χ2v) is 29.8. The zero-order valence-corrected chi connectivity index (χ0v) is 60.4. The maximum Gasteiger partial charge on any atom is 0.433 e. The van der Waals surface area contributed by atoms with Gasteiger partial charge in [0.25, 0.3) is 0 Å². The third-order valence-corrected chi connectivity index (χ3v) is 17.3. The van der Waals surface area contributed by atoms with E-state index in [1.807, 2.05) is 83.1 Å². The molecule has 0 saturated carbocycles. The van der Waals surface area contributed by atoms with Gasteiger partial charge in [0.15, 0.2) is 23.3 Å². The van der Waals surface area contributed by atoms with Crippen LogP contribution in [0.15, 0.2) is 127 Å². The molecule has 9 heterocycles. The molecule has 8 aromatic rings. The predicted octanol–water partition coefficient (Wildman–Crippen LogP) is 14.4. The first kappa shape index (κ1) is 77.8. The molecule has 4 atom stereocenters. The van der Waals surface area contributed by atoms with E-state index in [4.69, 9.17) is 41.3 Å². The number of nitrogens with zero attached hydrogens (tertiary/aromatic N) is 9. The molecule has 4 N–H and O–H groups in total. The molecule has 552 valence electrons. The van der Waals surface area contributed by atoms with Gasteiger partial charge >= 0.3 is 6.18 Å². The highest BCUT2D eigenvalue weighted by Crippen LogP contribution is 2.37. The number of halogens is 7. The summed E-state index contributed by atoms with van der Waals surface area (Å²) in [6, 6.07) is 22.9. The molecule has 4 aliphatic rings. The van der Waals surface area contributed by atoms with Crippen molar-refractivity contribution in [1.29, 1.82) is 0 Å². The molecule has 5 aromatic heterocycles. The molecular formula is C72H78Cl2F5N13O12. The summed E-state index contributed by atoms with van der Waals surface area (Å²) in [7, 11) is 0. The van der Waals surface area contributed by atoms with Crippen molar-refractivity contribution < 1.29 is 78.4 Å². The van der Waals surface area contributed by atoms with E-state index >= 15 is 0 Å². The second kappa shape index (κ2) is 31.3. The fourth-order valence-corrected chi connectivity index (χ4v) is 11.6. The molecule has 104 heavy (non-hydrogen) atoms. The van der Waals surface area contributed by atoms with Gasteiger partial charge in [-0.05, 0) is 86.3 Å². The van der Waals surface area contributed by atoms with Gasteiger partial charge < -0.3 is 28.7 Å². The minimum absolute atomic E-state index is 0.0671. The van der Waals surface area contributed by atoms with Crippen LogP contribution in [0.3, 0.4) is 0 Å². The third-order valence-electron chi connectivity index (χ3n) is 16.8. The Bertz CT molecular complexity index is 4350. The van der Waals surface area contributed by atoms with E-state index in [0.29, 0.717) is 70.1 Å². The molecule has 32 heteroatoms. The lowest BCUT2D eigenvalue weighted by Gasteiger charge is -2.24. The molecule has 12 rings (SSSR count). The van der Waals surface area contributed by atoms with Crippen LogP contribution < -0.4 is 40.9 Å². The van der Waals surface area contributed by atoms with Gasteiger partial charge in [-0.1, -0.05) is 145 Å². The zero-order chi connectivity index (χ0) is 76.1. The monoisotopic (exact) mass is 1480 g/mol. The number of carbonyl (C=O) groups is 8. The van der Waals surface area contributed by atoms with Crippen LogP contribution in [0, 0.1) is 11.6 Å². The molecule has 0 spiro atoms. The Morgan fingerprint density at radius 2 is 0.808 bits per heavy atom. The van der Waals surface area contributed by atoms with Crippen molar-refractivity contribution in [2.24, 2.45) is 0 Å². The SMILES string of the molecule is CC(C)(C)c1cc(NC(=O)[C@@H]2CCC(=O)N2c2ccc(C(F)(F)F)nc2)no1.CC(C)(C)c1cc(NC(=O)[C@@H]2CCC(=O)N2c2cccc(Cl)c2)no1.CC(C)(C)c1cc(NC(=O)[C@@H]2CCC(=O)N2c2cccc(Cl)c2)on1.CC(C)(C)c1cc(NC(=O)[C@@H]2CCC(=O)N2c2cccc(F)c2F)on1. The summed E-state index contributed by atoms with van der Waals surface area (Å²) in [6.45, 7) is 23.6. The molecule has 8 amide bonds. The maximum atomic E-state index is 14.1. The number of hydrogen-bond donors (Lipinski definition) is 4. The Morgan fingerprint density at radius 1 is 0.433 bits per heavy atom. The average Bonchev–Trinajstić information content (AvgIpc) is 1.46. The van der Waals surface area contributed by atoms with Crippen molar-refractivity contribution in [3.63, 3.8) is 0 Å². The van der Waals surface area contributed by atoms with Crippen LogP contribution in [0.5, 0.6) is 0 Å². The van der Waals surface area contributed by atoms with Gasteiger partial charge in [-0.15, -0.1) is 0 Å². The van der Waals surface area contributed by atoms with E-state index in [2.05, 4.69) is 46.9 Å². The van der Waals surface area contributed by atoms with Gasteiger partial charge in [0.05, 0.1) is 29.0 Å². The number of pyridine rings is 1. The molecule has 0 radical (unpaired) electrons. The Kier molecular flexibility index (Phi) is 23.4. The van der Waals surface area contributed by atoms with Crippen LogP contribution in [-0.4, -0.2) is 97.0 Å². The average molecular weight is 1480 g/mol. The van der Waals surface area contributed by atoms with Crippen LogP contribution in [0.4, 0.5) is 68.1 Å². The smallest absolute Gasteiger partial charge is 0.359 e. The Balaban J connectivity index is 0.000000161. The van der Waals surface area contributed by atoms with E-state index < -0.39 is 65.4 Å². The summed E-state index contributed by atoms with van der Waals surface area (Å²) in [4.78, 5) is 108. The number of anilines is 8. The zero-order valence-electron chi connectivity index (χ0n) is 58.9. The number of carbonyl (C=O) groups excluding carboxylic acids is 8. The summed E-state index contributed by atoms with van der Waals surface area (Å²) < 4.78 is 86.5. The summed E-state index contributed by atoms with van der Waals surface area (Å²) in [6.07, 6.45) is -1.52. The third kappa shape index (κ3) is 18.9. The van der Waals surface area contributed by atoms with Crippen molar-refractivity contribution in [3.05, 3.63) is 160 Å². The normalized spacial score (nSPS) is 17.8. The van der Waals surface area contributed by atoms with Gasteiger partial charge in [-0.2, -0.15) is 13.2 Å². The van der Waals surface area contributed by atoms with Gasteiger partial charge in [0.2, 0.25) is 59.0 Å². The highest BCUT2D eigenvalue weighted by atomic mass is 35.5. The summed E-state index contributed by atoms with van der Waals surface area (Å²) in [5.41, 5.74) is 0.514. The van der Waals surface area contributed by atoms with Crippen LogP contribution >= 0.6 is 23.2 Å². The highest BCUT2D eigenvalue weighted by molar-refractivity contribution is 6.31. The van der Waals surface area contributed by atoms with E-state index in [1.54, 1.807) is 72.8 Å². The molecule has 0 bridgehead atoms. The number of amides is 8. The lowest BCUT2D eigenvalue weighted by Crippen LogP contribution is -2.42. The van der Waals surface area contributed by atoms with Crippen molar-refractivity contribution in [1.82, 2.24) is 25.6 Å². The topological polar surface area (TPSA) is 315 Å². The molecule has 4 saturated heterocycles. The largest absolute Gasteiger partial charge is 0.433 e.